The Bertz CT molecular complexity index is 624. The van der Waals surface area contributed by atoms with Crippen LogP contribution in [0.2, 0.25) is 0 Å². The van der Waals surface area contributed by atoms with Gasteiger partial charge in [-0.05, 0) is 24.7 Å². The third-order valence-corrected chi connectivity index (χ3v) is 5.52. The molecule has 0 aliphatic carbocycles. The monoisotopic (exact) mass is 380 g/mol. The fraction of sp³-hybridized carbons (Fsp3) is 0.857. The molecule has 0 bridgehead atoms. The zero-order valence-electron chi connectivity index (χ0n) is 19.0. The van der Waals surface area contributed by atoms with Crippen molar-refractivity contribution < 1.29 is 9.36 Å². The Morgan fingerprint density at radius 1 is 1.07 bits per heavy atom. The maximum Gasteiger partial charge on any atom is 0.222 e. The van der Waals surface area contributed by atoms with Gasteiger partial charge in [-0.3, -0.25) is 0 Å². The zero-order valence-corrected chi connectivity index (χ0v) is 19.0. The highest BCUT2D eigenvalue weighted by molar-refractivity contribution is 5.91. The number of hydrogen-bond donors (Lipinski definition) is 1. The average Bonchev–Trinajstić information content (AvgIpc) is 3.03. The van der Waals surface area contributed by atoms with E-state index in [1.165, 1.54) is 0 Å². The molecule has 0 saturated heterocycles. The average molecular weight is 381 g/mol. The van der Waals surface area contributed by atoms with Crippen molar-refractivity contribution in [2.45, 2.75) is 99.8 Å². The van der Waals surface area contributed by atoms with Gasteiger partial charge in [-0.2, -0.15) is 0 Å². The number of nitrogens with zero attached hydrogens (tertiary/aromatic N) is 3. The van der Waals surface area contributed by atoms with Gasteiger partial charge in [0.15, 0.2) is 0 Å². The number of nitrogens with two attached hydrogens (primary N) is 1. The maximum atomic E-state index is 5.91. The minimum Gasteiger partial charge on any atom is -0.424 e. The van der Waals surface area contributed by atoms with Gasteiger partial charge in [-0.15, -0.1) is 16.1 Å². The predicted molar refractivity (Wildman–Crippen MR) is 110 cm³/mol. The summed E-state index contributed by atoms with van der Waals surface area (Å²) in [7, 11) is 0. The van der Waals surface area contributed by atoms with E-state index in [1.807, 2.05) is 0 Å². The van der Waals surface area contributed by atoms with E-state index in [-0.39, 0.29) is 28.1 Å². The third-order valence-electron chi connectivity index (χ3n) is 5.52. The summed E-state index contributed by atoms with van der Waals surface area (Å²) in [5.74, 6) is 7.25. The van der Waals surface area contributed by atoms with Crippen LogP contribution in [0.3, 0.4) is 0 Å². The van der Waals surface area contributed by atoms with E-state index >= 15 is 0 Å². The second-order valence-corrected chi connectivity index (χ2v) is 10.3. The van der Waals surface area contributed by atoms with Crippen molar-refractivity contribution in [2.24, 2.45) is 27.8 Å². The Balaban J connectivity index is 3.03. The number of rotatable bonds is 9. The van der Waals surface area contributed by atoms with Crippen LogP contribution in [-0.4, -0.2) is 15.9 Å². The molecule has 0 amide bonds. The molecule has 1 atom stereocenters. The van der Waals surface area contributed by atoms with Crippen LogP contribution < -0.4 is 5.90 Å². The third kappa shape index (κ3) is 6.03. The van der Waals surface area contributed by atoms with Crippen LogP contribution in [0.4, 0.5) is 0 Å². The van der Waals surface area contributed by atoms with Gasteiger partial charge >= 0.3 is 0 Å². The zero-order chi connectivity index (χ0) is 21.0. The first-order valence-corrected chi connectivity index (χ1v) is 10.0. The standard InChI is InChI=1S/C21H40N4O2/c1-11-15(19(4,5)6)16(25-27-22)20(7,8)12-13-21(9,10)18-24-23-17(26-18)14(2)3/h14-15H,11-13,22H2,1-10H3/b25-16+. The molecule has 1 aromatic heterocycles. The lowest BCUT2D eigenvalue weighted by Gasteiger charge is -2.38. The first kappa shape index (κ1) is 23.6. The largest absolute Gasteiger partial charge is 0.424 e. The van der Waals surface area contributed by atoms with Gasteiger partial charge in [0.2, 0.25) is 11.8 Å². The Morgan fingerprint density at radius 3 is 2.07 bits per heavy atom. The second kappa shape index (κ2) is 8.72. The molecule has 0 saturated carbocycles. The molecular formula is C21H40N4O2. The fourth-order valence-electron chi connectivity index (χ4n) is 3.53. The molecule has 0 spiro atoms. The molecule has 0 aliphatic rings. The summed E-state index contributed by atoms with van der Waals surface area (Å²) in [6.07, 6.45) is 2.79. The van der Waals surface area contributed by atoms with E-state index in [2.05, 4.69) is 84.6 Å². The Kier molecular flexibility index (Phi) is 7.62. The van der Waals surface area contributed by atoms with Gasteiger partial charge in [-0.1, -0.05) is 74.4 Å². The van der Waals surface area contributed by atoms with Gasteiger partial charge < -0.3 is 9.36 Å². The van der Waals surface area contributed by atoms with Crippen molar-refractivity contribution in [3.63, 3.8) is 0 Å². The molecule has 6 nitrogen and oxygen atoms in total. The van der Waals surface area contributed by atoms with Crippen LogP contribution in [0.25, 0.3) is 0 Å². The smallest absolute Gasteiger partial charge is 0.222 e. The van der Waals surface area contributed by atoms with E-state index in [0.717, 1.165) is 25.0 Å². The summed E-state index contributed by atoms with van der Waals surface area (Å²) in [6, 6.07) is 0. The first-order valence-electron chi connectivity index (χ1n) is 10.0. The summed E-state index contributed by atoms with van der Waals surface area (Å²) < 4.78 is 5.91. The molecule has 1 heterocycles. The lowest BCUT2D eigenvalue weighted by atomic mass is 9.66. The summed E-state index contributed by atoms with van der Waals surface area (Å²) in [6.45, 7) is 21.7. The normalized spacial score (nSPS) is 15.3. The number of hydrogen-bond acceptors (Lipinski definition) is 6. The lowest BCUT2D eigenvalue weighted by molar-refractivity contribution is 0.137. The highest BCUT2D eigenvalue weighted by Gasteiger charge is 2.39. The molecule has 0 radical (unpaired) electrons. The highest BCUT2D eigenvalue weighted by atomic mass is 16.7. The van der Waals surface area contributed by atoms with Crippen molar-refractivity contribution in [1.82, 2.24) is 10.2 Å². The van der Waals surface area contributed by atoms with Crippen molar-refractivity contribution in [3.05, 3.63) is 11.8 Å². The summed E-state index contributed by atoms with van der Waals surface area (Å²) in [5, 5.41) is 12.8. The predicted octanol–water partition coefficient (Wildman–Crippen LogP) is 5.60. The van der Waals surface area contributed by atoms with E-state index < -0.39 is 0 Å². The van der Waals surface area contributed by atoms with E-state index in [9.17, 15) is 0 Å². The van der Waals surface area contributed by atoms with E-state index in [4.69, 9.17) is 15.3 Å². The molecule has 0 fully saturated rings. The molecule has 27 heavy (non-hydrogen) atoms. The molecular weight excluding hydrogens is 340 g/mol. The molecule has 1 rings (SSSR count). The molecule has 0 aliphatic heterocycles. The molecule has 1 aromatic rings. The van der Waals surface area contributed by atoms with Crippen LogP contribution in [0.1, 0.15) is 106 Å². The Hall–Kier alpha value is -1.43. The Morgan fingerprint density at radius 2 is 1.67 bits per heavy atom. The maximum absolute atomic E-state index is 5.91. The molecule has 6 heteroatoms. The van der Waals surface area contributed by atoms with Crippen LogP contribution >= 0.6 is 0 Å². The van der Waals surface area contributed by atoms with Crippen molar-refractivity contribution >= 4 is 5.71 Å². The van der Waals surface area contributed by atoms with Crippen LogP contribution in [0.15, 0.2) is 9.57 Å². The minimum atomic E-state index is -0.213. The number of aromatic nitrogens is 2. The minimum absolute atomic E-state index is 0.0809. The van der Waals surface area contributed by atoms with Gasteiger partial charge in [0.05, 0.1) is 5.71 Å². The molecule has 156 valence electrons. The van der Waals surface area contributed by atoms with Crippen molar-refractivity contribution in [1.29, 1.82) is 0 Å². The molecule has 2 N–H and O–H groups in total. The van der Waals surface area contributed by atoms with Crippen LogP contribution in [0, 0.1) is 16.7 Å². The summed E-state index contributed by atoms with van der Waals surface area (Å²) >= 11 is 0. The second-order valence-electron chi connectivity index (χ2n) is 10.3. The van der Waals surface area contributed by atoms with Crippen LogP contribution in [-0.2, 0) is 10.4 Å². The van der Waals surface area contributed by atoms with Crippen molar-refractivity contribution in [3.8, 4) is 0 Å². The first-order chi connectivity index (χ1) is 12.3. The van der Waals surface area contributed by atoms with Crippen LogP contribution in [0.5, 0.6) is 0 Å². The summed E-state index contributed by atoms with van der Waals surface area (Å²) in [4.78, 5) is 4.76. The molecule has 0 aromatic carbocycles. The topological polar surface area (TPSA) is 86.5 Å². The van der Waals surface area contributed by atoms with E-state index in [1.54, 1.807) is 0 Å². The lowest BCUT2D eigenvalue weighted by Crippen LogP contribution is -2.39. The SMILES string of the molecule is CCC(/C(=N\ON)C(C)(C)CCC(C)(C)c1nnc(C(C)C)o1)C(C)(C)C. The molecule has 1 unspecified atom stereocenters. The fourth-order valence-corrected chi connectivity index (χ4v) is 3.53. The van der Waals surface area contributed by atoms with E-state index in [0.29, 0.717) is 11.8 Å². The van der Waals surface area contributed by atoms with Crippen molar-refractivity contribution in [2.75, 3.05) is 0 Å². The van der Waals surface area contributed by atoms with Gasteiger partial charge in [0.25, 0.3) is 0 Å². The highest BCUT2D eigenvalue weighted by Crippen LogP contribution is 2.41. The van der Waals surface area contributed by atoms with Gasteiger partial charge in [0, 0.05) is 22.7 Å². The van der Waals surface area contributed by atoms with Gasteiger partial charge in [0.1, 0.15) is 0 Å². The van der Waals surface area contributed by atoms with Gasteiger partial charge in [-0.25, -0.2) is 0 Å². The Labute approximate surface area is 165 Å². The number of oxime groups is 1. The summed E-state index contributed by atoms with van der Waals surface area (Å²) in [5.41, 5.74) is 0.725. The quantitative estimate of drug-likeness (QED) is 0.445.